The molecule has 0 unspecified atom stereocenters. The fraction of sp³-hybridized carbons (Fsp3) is 0.500. The first kappa shape index (κ1) is 17.2. The first-order chi connectivity index (χ1) is 11.6. The minimum atomic E-state index is 0.608. The highest BCUT2D eigenvalue weighted by molar-refractivity contribution is 7.99. The summed E-state index contributed by atoms with van der Waals surface area (Å²) in [5.41, 5.74) is 2.81. The topological polar surface area (TPSA) is 47.7 Å². The molecule has 1 aromatic carbocycles. The van der Waals surface area contributed by atoms with E-state index in [0.29, 0.717) is 5.89 Å². The van der Waals surface area contributed by atoms with Gasteiger partial charge >= 0.3 is 0 Å². The van der Waals surface area contributed by atoms with Gasteiger partial charge in [-0.1, -0.05) is 0 Å². The van der Waals surface area contributed by atoms with Gasteiger partial charge in [0, 0.05) is 36.7 Å². The normalized spacial score (nSPS) is 15.5. The van der Waals surface area contributed by atoms with E-state index in [1.165, 1.54) is 11.5 Å². The number of aryl methyl sites for hydroxylation is 1. The van der Waals surface area contributed by atoms with E-state index < -0.39 is 0 Å². The summed E-state index contributed by atoms with van der Waals surface area (Å²) in [4.78, 5) is 7.18. The molecule has 2 aromatic rings. The Hall–Kier alpha value is -1.66. The summed E-state index contributed by atoms with van der Waals surface area (Å²) in [7, 11) is 3.32. The monoisotopic (exact) mass is 348 g/mol. The van der Waals surface area contributed by atoms with E-state index in [-0.39, 0.29) is 0 Å². The number of methoxy groups -OCH3 is 2. The number of hydrogen-bond donors (Lipinski definition) is 0. The number of ether oxygens (including phenoxy) is 2. The summed E-state index contributed by atoms with van der Waals surface area (Å²) in [5.74, 6) is 5.40. The number of benzene rings is 1. The number of nitrogens with zero attached hydrogens (tertiary/aromatic N) is 2. The predicted molar refractivity (Wildman–Crippen MR) is 97.1 cm³/mol. The van der Waals surface area contributed by atoms with Gasteiger partial charge in [0.05, 0.1) is 25.5 Å². The molecule has 1 aliphatic heterocycles. The molecule has 5 nitrogen and oxygen atoms in total. The van der Waals surface area contributed by atoms with Gasteiger partial charge in [0.1, 0.15) is 17.3 Å². The maximum Gasteiger partial charge on any atom is 0.230 e. The van der Waals surface area contributed by atoms with Crippen LogP contribution in [-0.4, -0.2) is 48.7 Å². The van der Waals surface area contributed by atoms with Gasteiger partial charge < -0.3 is 13.9 Å². The van der Waals surface area contributed by atoms with Crippen molar-refractivity contribution in [3.8, 4) is 23.0 Å². The van der Waals surface area contributed by atoms with Crippen LogP contribution in [0.4, 0.5) is 0 Å². The highest BCUT2D eigenvalue weighted by Crippen LogP contribution is 2.38. The van der Waals surface area contributed by atoms with E-state index in [9.17, 15) is 0 Å². The minimum absolute atomic E-state index is 0.608. The van der Waals surface area contributed by atoms with Crippen molar-refractivity contribution < 1.29 is 13.9 Å². The summed E-state index contributed by atoms with van der Waals surface area (Å²) in [5, 5.41) is 0. The van der Waals surface area contributed by atoms with Gasteiger partial charge in [0.25, 0.3) is 0 Å². The van der Waals surface area contributed by atoms with Gasteiger partial charge in [-0.25, -0.2) is 4.98 Å². The maximum absolute atomic E-state index is 5.95. The first-order valence-corrected chi connectivity index (χ1v) is 9.28. The van der Waals surface area contributed by atoms with Crippen molar-refractivity contribution in [2.75, 3.05) is 38.8 Å². The summed E-state index contributed by atoms with van der Waals surface area (Å²) in [6, 6.07) is 3.87. The molecule has 24 heavy (non-hydrogen) atoms. The molecule has 0 saturated carbocycles. The zero-order valence-corrected chi connectivity index (χ0v) is 15.5. The Morgan fingerprint density at radius 3 is 2.58 bits per heavy atom. The number of thioether (sulfide) groups is 1. The summed E-state index contributed by atoms with van der Waals surface area (Å²) < 4.78 is 16.9. The molecule has 0 radical (unpaired) electrons. The molecule has 1 fully saturated rings. The van der Waals surface area contributed by atoms with Crippen LogP contribution in [0, 0.1) is 13.8 Å². The summed E-state index contributed by atoms with van der Waals surface area (Å²) in [6.07, 6.45) is 0. The third-order valence-electron chi connectivity index (χ3n) is 4.38. The van der Waals surface area contributed by atoms with E-state index >= 15 is 0 Å². The largest absolute Gasteiger partial charge is 0.496 e. The summed E-state index contributed by atoms with van der Waals surface area (Å²) >= 11 is 2.01. The molecule has 0 N–H and O–H groups in total. The molecule has 2 heterocycles. The van der Waals surface area contributed by atoms with Crippen molar-refractivity contribution >= 4 is 11.8 Å². The molecule has 3 rings (SSSR count). The second kappa shape index (κ2) is 7.49. The Labute approximate surface area is 147 Å². The fourth-order valence-corrected chi connectivity index (χ4v) is 3.97. The molecule has 1 aliphatic rings. The van der Waals surface area contributed by atoms with Crippen LogP contribution in [0.2, 0.25) is 0 Å². The lowest BCUT2D eigenvalue weighted by atomic mass is 10.1. The van der Waals surface area contributed by atoms with Gasteiger partial charge in [-0.05, 0) is 26.0 Å². The highest BCUT2D eigenvalue weighted by Gasteiger charge is 2.20. The molecular weight excluding hydrogens is 324 g/mol. The molecule has 1 saturated heterocycles. The van der Waals surface area contributed by atoms with E-state index in [2.05, 4.69) is 4.90 Å². The summed E-state index contributed by atoms with van der Waals surface area (Å²) in [6.45, 7) is 7.01. The average molecular weight is 348 g/mol. The maximum atomic E-state index is 5.95. The zero-order valence-electron chi connectivity index (χ0n) is 14.7. The van der Waals surface area contributed by atoms with Gasteiger partial charge in [-0.2, -0.15) is 11.8 Å². The lowest BCUT2D eigenvalue weighted by Crippen LogP contribution is -2.32. The van der Waals surface area contributed by atoms with Crippen LogP contribution < -0.4 is 9.47 Å². The lowest BCUT2D eigenvalue weighted by Gasteiger charge is -2.25. The molecule has 0 spiro atoms. The predicted octanol–water partition coefficient (Wildman–Crippen LogP) is 3.52. The second-order valence-corrected chi connectivity index (χ2v) is 7.11. The molecule has 130 valence electrons. The molecule has 0 atom stereocenters. The number of hydrogen-bond acceptors (Lipinski definition) is 6. The molecule has 0 amide bonds. The standard InChI is InChI=1S/C18H24N2O3S/c1-12-16(21-3)6-5-14(17(12)22-4)18-19-15(13(2)23-18)11-20-7-9-24-10-8-20/h5-6H,7-11H2,1-4H3. The molecule has 0 aliphatic carbocycles. The van der Waals surface area contributed by atoms with Crippen LogP contribution in [0.5, 0.6) is 11.5 Å². The van der Waals surface area contributed by atoms with Crippen molar-refractivity contribution in [2.45, 2.75) is 20.4 Å². The quantitative estimate of drug-likeness (QED) is 0.824. The van der Waals surface area contributed by atoms with Crippen LogP contribution in [-0.2, 0) is 6.54 Å². The van der Waals surface area contributed by atoms with Crippen molar-refractivity contribution in [3.05, 3.63) is 29.2 Å². The van der Waals surface area contributed by atoms with Crippen molar-refractivity contribution in [3.63, 3.8) is 0 Å². The van der Waals surface area contributed by atoms with E-state index in [1.54, 1.807) is 14.2 Å². The smallest absolute Gasteiger partial charge is 0.230 e. The SMILES string of the molecule is COc1ccc(-c2nc(CN3CCSCC3)c(C)o2)c(OC)c1C. The van der Waals surface area contributed by atoms with Crippen LogP contribution in [0.25, 0.3) is 11.5 Å². The van der Waals surface area contributed by atoms with Gasteiger partial charge in [0.2, 0.25) is 5.89 Å². The molecular formula is C18H24N2O3S. The molecule has 6 heteroatoms. The van der Waals surface area contributed by atoms with Gasteiger partial charge in [-0.15, -0.1) is 0 Å². The lowest BCUT2D eigenvalue weighted by molar-refractivity contribution is 0.289. The number of aromatic nitrogens is 1. The van der Waals surface area contributed by atoms with Crippen molar-refractivity contribution in [1.82, 2.24) is 9.88 Å². The van der Waals surface area contributed by atoms with E-state index in [4.69, 9.17) is 18.9 Å². The number of oxazole rings is 1. The minimum Gasteiger partial charge on any atom is -0.496 e. The van der Waals surface area contributed by atoms with Crippen molar-refractivity contribution in [1.29, 1.82) is 0 Å². The Morgan fingerprint density at radius 1 is 1.17 bits per heavy atom. The fourth-order valence-electron chi connectivity index (χ4n) is 2.99. The van der Waals surface area contributed by atoms with Gasteiger partial charge in [-0.3, -0.25) is 4.90 Å². The second-order valence-electron chi connectivity index (χ2n) is 5.88. The van der Waals surface area contributed by atoms with Crippen LogP contribution in [0.3, 0.4) is 0 Å². The van der Waals surface area contributed by atoms with Crippen LogP contribution in [0.15, 0.2) is 16.5 Å². The third-order valence-corrected chi connectivity index (χ3v) is 5.32. The molecule has 1 aromatic heterocycles. The highest BCUT2D eigenvalue weighted by atomic mass is 32.2. The Bertz CT molecular complexity index is 709. The zero-order chi connectivity index (χ0) is 17.1. The van der Waals surface area contributed by atoms with E-state index in [1.807, 2.05) is 37.7 Å². The van der Waals surface area contributed by atoms with Gasteiger partial charge in [0.15, 0.2) is 0 Å². The van der Waals surface area contributed by atoms with Crippen LogP contribution >= 0.6 is 11.8 Å². The average Bonchev–Trinajstić information content (AvgIpc) is 2.96. The Kier molecular flexibility index (Phi) is 5.36. The third kappa shape index (κ3) is 3.39. The van der Waals surface area contributed by atoms with Crippen LogP contribution in [0.1, 0.15) is 17.0 Å². The first-order valence-electron chi connectivity index (χ1n) is 8.12. The van der Waals surface area contributed by atoms with E-state index in [0.717, 1.165) is 53.7 Å². The Balaban J connectivity index is 1.90. The number of rotatable bonds is 5. The molecule has 0 bridgehead atoms. The van der Waals surface area contributed by atoms with Crippen molar-refractivity contribution in [2.24, 2.45) is 0 Å². The Morgan fingerprint density at radius 2 is 1.92 bits per heavy atom.